The Bertz CT molecular complexity index is 3150. The predicted molar refractivity (Wildman–Crippen MR) is 314 cm³/mol. The van der Waals surface area contributed by atoms with Gasteiger partial charge in [0.2, 0.25) is 23.6 Å². The molecule has 4 amide bonds. The zero-order valence-electron chi connectivity index (χ0n) is 48.3. The molecule has 21 heteroatoms. The van der Waals surface area contributed by atoms with Crippen LogP contribution in [0.2, 0.25) is 0 Å². The number of thiazole rings is 1. The van der Waals surface area contributed by atoms with Crippen LogP contribution in [0, 0.1) is 12.3 Å². The quantitative estimate of drug-likeness (QED) is 0.0411. The van der Waals surface area contributed by atoms with Crippen molar-refractivity contribution in [2.24, 2.45) is 12.5 Å². The van der Waals surface area contributed by atoms with Gasteiger partial charge >= 0.3 is 0 Å². The Kier molecular flexibility index (Phi) is 21.0. The molecule has 5 heterocycles. The molecule has 0 aliphatic carbocycles. The molecule has 0 radical (unpaired) electrons. The molecule has 6 aromatic rings. The molecule has 2 aliphatic heterocycles. The minimum Gasteiger partial charge on any atom is -0.391 e. The second-order valence-electron chi connectivity index (χ2n) is 22.8. The molecule has 440 valence electrons. The van der Waals surface area contributed by atoms with Crippen LogP contribution in [0.4, 0.5) is 0 Å². The van der Waals surface area contributed by atoms with Crippen LogP contribution in [0.3, 0.4) is 0 Å². The fourth-order valence-electron chi connectivity index (χ4n) is 10.6. The highest BCUT2D eigenvalue weighted by atomic mass is 32.1. The molecule has 2 aliphatic rings. The summed E-state index contributed by atoms with van der Waals surface area (Å²) in [4.78, 5) is 81.0. The van der Waals surface area contributed by atoms with Crippen molar-refractivity contribution in [3.63, 3.8) is 0 Å². The number of aromatic nitrogens is 5. The lowest BCUT2D eigenvalue weighted by Crippen LogP contribution is -2.58. The minimum absolute atomic E-state index is 0.0164. The Morgan fingerprint density at radius 1 is 0.829 bits per heavy atom. The zero-order valence-corrected chi connectivity index (χ0v) is 49.1. The number of aryl methyl sites for hydroxylation is 2. The Labute approximate surface area is 483 Å². The van der Waals surface area contributed by atoms with Gasteiger partial charge in [-0.15, -0.1) is 11.3 Å². The minimum atomic E-state index is -1.16. The van der Waals surface area contributed by atoms with Gasteiger partial charge in [-0.3, -0.25) is 33.2 Å². The number of fused-ring (bicyclic) bond motifs is 1. The van der Waals surface area contributed by atoms with E-state index in [0.717, 1.165) is 38.4 Å². The van der Waals surface area contributed by atoms with Gasteiger partial charge in [-0.05, 0) is 60.3 Å². The number of ether oxygens (including phenoxy) is 3. The standard InChI is InChI=1S/C61H80N10O10S/c1-40(44-11-9-8-10-12-44)33-51(74)69-25-22-61(78,23-26-69)37-70-38-63-52-53(58(70)76)67-68(7)54(52)46-15-13-43(14-16-46)35-62-24-28-80-30-32-81-31-29-79-27-21-50(73)66-56(60(4,5)6)59(77)71-36-48(72)34-49(71)57(75)65-41(2)45-17-19-47(20-18-45)55-42(3)64-39-82-55/h8-20,38-41,48-49,56,62,72,78H,21-37H2,1-7H3,(H,65,75)(H,66,73)/t40-,41+,48-,49+,56-/m1/s1. The lowest BCUT2D eigenvalue weighted by atomic mass is 9.85. The predicted octanol–water partition coefficient (Wildman–Crippen LogP) is 5.68. The van der Waals surface area contributed by atoms with E-state index >= 15 is 0 Å². The molecule has 20 nitrogen and oxygen atoms in total. The van der Waals surface area contributed by atoms with Gasteiger partial charge in [0.25, 0.3) is 5.56 Å². The smallest absolute Gasteiger partial charge is 0.281 e. The number of rotatable bonds is 26. The van der Waals surface area contributed by atoms with Gasteiger partial charge < -0.3 is 50.2 Å². The molecule has 3 aromatic carbocycles. The number of aliphatic hydroxyl groups is 2. The average molecular weight is 1150 g/mol. The molecule has 5 N–H and O–H groups in total. The summed E-state index contributed by atoms with van der Waals surface area (Å²) in [5.74, 6) is -1.01. The van der Waals surface area contributed by atoms with Gasteiger partial charge in [0.1, 0.15) is 17.6 Å². The van der Waals surface area contributed by atoms with Crippen LogP contribution in [0.5, 0.6) is 0 Å². The topological polar surface area (TPSA) is 245 Å². The molecule has 2 saturated heterocycles. The molecule has 3 aromatic heterocycles. The molecule has 0 saturated carbocycles. The lowest BCUT2D eigenvalue weighted by molar-refractivity contribution is -0.144. The molecule has 2 fully saturated rings. The van der Waals surface area contributed by atoms with Crippen LogP contribution < -0.4 is 21.5 Å². The number of carbonyl (C=O) groups excluding carboxylic acids is 4. The maximum atomic E-state index is 14.1. The van der Waals surface area contributed by atoms with Crippen LogP contribution in [0.1, 0.15) is 101 Å². The van der Waals surface area contributed by atoms with Crippen molar-refractivity contribution in [2.45, 2.75) is 122 Å². The number of carbonyl (C=O) groups is 4. The van der Waals surface area contributed by atoms with E-state index in [4.69, 9.17) is 14.2 Å². The van der Waals surface area contributed by atoms with Crippen molar-refractivity contribution in [1.82, 2.24) is 50.1 Å². The van der Waals surface area contributed by atoms with Gasteiger partial charge in [-0.1, -0.05) is 107 Å². The van der Waals surface area contributed by atoms with E-state index in [-0.39, 0.29) is 79.9 Å². The molecule has 0 bridgehead atoms. The van der Waals surface area contributed by atoms with Crippen LogP contribution >= 0.6 is 11.3 Å². The first-order valence-electron chi connectivity index (χ1n) is 28.4. The number of nitrogens with zero attached hydrogens (tertiary/aromatic N) is 7. The first-order valence-corrected chi connectivity index (χ1v) is 29.3. The van der Waals surface area contributed by atoms with Gasteiger partial charge in [0.05, 0.1) is 92.0 Å². The third-order valence-corrected chi connectivity index (χ3v) is 16.4. The van der Waals surface area contributed by atoms with E-state index in [1.54, 1.807) is 23.1 Å². The summed E-state index contributed by atoms with van der Waals surface area (Å²) < 4.78 is 20.1. The number of benzene rings is 3. The summed E-state index contributed by atoms with van der Waals surface area (Å²) in [5.41, 5.74) is 7.00. The highest BCUT2D eigenvalue weighted by Crippen LogP contribution is 2.32. The van der Waals surface area contributed by atoms with Crippen LogP contribution in [-0.2, 0) is 53.5 Å². The first-order chi connectivity index (χ1) is 39.3. The van der Waals surface area contributed by atoms with E-state index in [1.165, 1.54) is 15.8 Å². The largest absolute Gasteiger partial charge is 0.391 e. The van der Waals surface area contributed by atoms with Crippen molar-refractivity contribution < 1.29 is 43.6 Å². The number of likely N-dealkylation sites (tertiary alicyclic amines) is 2. The molecular weight excluding hydrogens is 1060 g/mol. The molecule has 5 atom stereocenters. The van der Waals surface area contributed by atoms with E-state index < -0.39 is 35.1 Å². The normalized spacial score (nSPS) is 17.4. The number of aliphatic hydroxyl groups excluding tert-OH is 1. The Morgan fingerprint density at radius 3 is 2.15 bits per heavy atom. The van der Waals surface area contributed by atoms with Crippen LogP contribution in [-0.4, -0.2) is 158 Å². The van der Waals surface area contributed by atoms with Crippen molar-refractivity contribution in [1.29, 1.82) is 0 Å². The number of nitrogens with one attached hydrogen (secondary N) is 3. The summed E-state index contributed by atoms with van der Waals surface area (Å²) in [5, 5.41) is 36.0. The summed E-state index contributed by atoms with van der Waals surface area (Å²) in [7, 11) is 1.78. The van der Waals surface area contributed by atoms with Crippen molar-refractivity contribution in [3.8, 4) is 21.7 Å². The molecule has 0 spiro atoms. The van der Waals surface area contributed by atoms with Gasteiger partial charge in [-0.2, -0.15) is 5.10 Å². The zero-order chi connectivity index (χ0) is 58.6. The third kappa shape index (κ3) is 15.9. The molecule has 0 unspecified atom stereocenters. The summed E-state index contributed by atoms with van der Waals surface area (Å²) >= 11 is 1.57. The van der Waals surface area contributed by atoms with Crippen LogP contribution in [0.25, 0.3) is 32.7 Å². The summed E-state index contributed by atoms with van der Waals surface area (Å²) in [6.45, 7) is 15.5. The maximum absolute atomic E-state index is 14.1. The van der Waals surface area contributed by atoms with Crippen molar-refractivity contribution >= 4 is 46.0 Å². The highest BCUT2D eigenvalue weighted by Gasteiger charge is 2.45. The van der Waals surface area contributed by atoms with E-state index in [0.29, 0.717) is 83.1 Å². The monoisotopic (exact) mass is 1140 g/mol. The molecular formula is C61H80N10O10S. The fourth-order valence-corrected chi connectivity index (χ4v) is 11.4. The number of β-amino-alcohol motifs (C(OH)–C–C–N with tert-alkyl or cyclic N) is 1. The van der Waals surface area contributed by atoms with Crippen molar-refractivity contribution in [3.05, 3.63) is 123 Å². The van der Waals surface area contributed by atoms with E-state index in [1.807, 2.05) is 131 Å². The summed E-state index contributed by atoms with van der Waals surface area (Å²) in [6, 6.07) is 23.7. The highest BCUT2D eigenvalue weighted by molar-refractivity contribution is 7.13. The van der Waals surface area contributed by atoms with Gasteiger partial charge in [-0.25, -0.2) is 9.97 Å². The Balaban J connectivity index is 0.682. The van der Waals surface area contributed by atoms with Gasteiger partial charge in [0, 0.05) is 64.6 Å². The lowest BCUT2D eigenvalue weighted by Gasteiger charge is -2.38. The SMILES string of the molecule is Cc1ncsc1-c1ccc([C@H](C)NC(=O)[C@@H]2C[C@@H](O)CN2C(=O)[C@@H](NC(=O)CCOCCOCCOCCNCc2ccc(-c3c4ncn(CC5(O)CCN(C(=O)C[C@@H](C)c6ccccc6)CC5)c(=O)c4nn3C)cc2)C(C)(C)C)cc1. The average Bonchev–Trinajstić information content (AvgIpc) is 3.84. The number of amides is 4. The van der Waals surface area contributed by atoms with Gasteiger partial charge in [0.15, 0.2) is 5.52 Å². The number of hydrogen-bond acceptors (Lipinski definition) is 15. The number of hydrogen-bond donors (Lipinski definition) is 5. The Morgan fingerprint density at radius 2 is 1.49 bits per heavy atom. The first kappa shape index (κ1) is 61.4. The van der Waals surface area contributed by atoms with E-state index in [9.17, 15) is 34.2 Å². The Hall–Kier alpha value is -6.72. The second-order valence-corrected chi connectivity index (χ2v) is 23.7. The molecule has 8 rings (SSSR count). The van der Waals surface area contributed by atoms with Crippen molar-refractivity contribution in [2.75, 3.05) is 65.8 Å². The maximum Gasteiger partial charge on any atom is 0.281 e. The van der Waals surface area contributed by atoms with Crippen LogP contribution in [0.15, 0.2) is 95.5 Å². The molecule has 82 heavy (non-hydrogen) atoms. The summed E-state index contributed by atoms with van der Waals surface area (Å²) in [6.07, 6.45) is 1.82. The fraction of sp³-hybridized carbons (Fsp3) is 0.508. The number of piperidine rings is 1. The second kappa shape index (κ2) is 28.0. The third-order valence-electron chi connectivity index (χ3n) is 15.4. The van der Waals surface area contributed by atoms with E-state index in [2.05, 4.69) is 31.0 Å².